The molecule has 0 fully saturated rings. The van der Waals surface area contributed by atoms with Crippen LogP contribution in [0.4, 0.5) is 5.13 Å². The van der Waals surface area contributed by atoms with E-state index in [2.05, 4.69) is 26.0 Å². The second-order valence-corrected chi connectivity index (χ2v) is 9.74. The summed E-state index contributed by atoms with van der Waals surface area (Å²) in [4.78, 5) is 18.2. The molecule has 172 valence electrons. The molecule has 1 heterocycles. The number of halogens is 1. The van der Waals surface area contributed by atoms with Gasteiger partial charge in [-0.3, -0.25) is 4.79 Å². The van der Waals surface area contributed by atoms with E-state index in [1.807, 2.05) is 79.7 Å². The average Bonchev–Trinajstić information content (AvgIpc) is 3.29. The van der Waals surface area contributed by atoms with Gasteiger partial charge in [-0.2, -0.15) is 10.1 Å². The van der Waals surface area contributed by atoms with Crippen molar-refractivity contribution in [2.45, 2.75) is 6.92 Å². The van der Waals surface area contributed by atoms with Gasteiger partial charge in [0.15, 0.2) is 0 Å². The van der Waals surface area contributed by atoms with Crippen molar-refractivity contribution in [3.63, 3.8) is 0 Å². The molecule has 35 heavy (non-hydrogen) atoms. The maximum Gasteiger partial charge on any atom is 0.280 e. The van der Waals surface area contributed by atoms with Crippen molar-refractivity contribution < 1.29 is 9.53 Å². The lowest BCUT2D eigenvalue weighted by molar-refractivity contribution is 0.0988. The first kappa shape index (κ1) is 23.0. The number of ether oxygens (including phenoxy) is 1. The molecule has 5 rings (SSSR count). The van der Waals surface area contributed by atoms with E-state index in [0.29, 0.717) is 16.4 Å². The summed E-state index contributed by atoms with van der Waals surface area (Å²) in [5.41, 5.74) is 3.34. The number of hydrogen-bond donors (Lipinski definition) is 0. The Bertz CT molecular complexity index is 1500. The van der Waals surface area contributed by atoms with Crippen LogP contribution in [0.1, 0.15) is 21.5 Å². The predicted molar refractivity (Wildman–Crippen MR) is 146 cm³/mol. The normalized spacial score (nSPS) is 11.1. The van der Waals surface area contributed by atoms with Crippen molar-refractivity contribution >= 4 is 54.7 Å². The quantitative estimate of drug-likeness (QED) is 0.162. The van der Waals surface area contributed by atoms with Crippen LogP contribution in [-0.2, 0) is 0 Å². The third kappa shape index (κ3) is 5.48. The smallest absolute Gasteiger partial charge is 0.280 e. The molecule has 0 aliphatic heterocycles. The van der Waals surface area contributed by atoms with E-state index in [4.69, 9.17) is 4.74 Å². The van der Waals surface area contributed by atoms with Crippen LogP contribution in [-0.4, -0.2) is 17.1 Å². The maximum atomic E-state index is 13.6. The lowest BCUT2D eigenvalue weighted by Crippen LogP contribution is -2.25. The molecular formula is C28H20BrN3O2S. The standard InChI is InChI=1S/C28H20BrN3O2S/c1-19-7-9-20(10-8-19)18-30-32(28-31-25-16-13-22(29)17-26(25)35-28)27(33)21-11-14-24(15-12-21)34-23-5-3-2-4-6-23/h2-18H,1H3/b30-18+. The Morgan fingerprint density at radius 2 is 1.66 bits per heavy atom. The molecular weight excluding hydrogens is 522 g/mol. The molecule has 5 aromatic rings. The summed E-state index contributed by atoms with van der Waals surface area (Å²) in [5, 5.41) is 6.39. The van der Waals surface area contributed by atoms with Crippen molar-refractivity contribution in [2.75, 3.05) is 5.01 Å². The van der Waals surface area contributed by atoms with E-state index in [-0.39, 0.29) is 5.91 Å². The van der Waals surface area contributed by atoms with Gasteiger partial charge in [-0.1, -0.05) is 75.3 Å². The number of thiazole rings is 1. The largest absolute Gasteiger partial charge is 0.457 e. The van der Waals surface area contributed by atoms with Gasteiger partial charge in [-0.05, 0) is 67.1 Å². The number of aryl methyl sites for hydroxylation is 1. The third-order valence-corrected chi connectivity index (χ3v) is 6.68. The highest BCUT2D eigenvalue weighted by Crippen LogP contribution is 2.32. The van der Waals surface area contributed by atoms with E-state index in [9.17, 15) is 4.79 Å². The lowest BCUT2D eigenvalue weighted by atomic mass is 10.2. The number of anilines is 1. The Morgan fingerprint density at radius 1 is 0.943 bits per heavy atom. The van der Waals surface area contributed by atoms with Crippen molar-refractivity contribution in [2.24, 2.45) is 5.10 Å². The van der Waals surface area contributed by atoms with Crippen LogP contribution < -0.4 is 9.75 Å². The number of para-hydroxylation sites is 1. The van der Waals surface area contributed by atoms with E-state index in [0.717, 1.165) is 31.6 Å². The molecule has 0 N–H and O–H groups in total. The van der Waals surface area contributed by atoms with Crippen molar-refractivity contribution in [1.82, 2.24) is 4.98 Å². The van der Waals surface area contributed by atoms with Crippen LogP contribution in [0.25, 0.3) is 10.2 Å². The first-order valence-corrected chi connectivity index (χ1v) is 12.5. The first-order chi connectivity index (χ1) is 17.0. The summed E-state index contributed by atoms with van der Waals surface area (Å²) in [7, 11) is 0. The summed E-state index contributed by atoms with van der Waals surface area (Å²) in [6.07, 6.45) is 1.67. The van der Waals surface area contributed by atoms with Crippen LogP contribution in [0, 0.1) is 6.92 Å². The lowest BCUT2D eigenvalue weighted by Gasteiger charge is -2.14. The molecule has 0 saturated heterocycles. The minimum atomic E-state index is -0.280. The van der Waals surface area contributed by atoms with Gasteiger partial charge < -0.3 is 4.74 Å². The third-order valence-electron chi connectivity index (χ3n) is 5.19. The van der Waals surface area contributed by atoms with E-state index < -0.39 is 0 Å². The van der Waals surface area contributed by atoms with Gasteiger partial charge in [-0.15, -0.1) is 0 Å². The Labute approximate surface area is 215 Å². The molecule has 7 heteroatoms. The average molecular weight is 542 g/mol. The number of carbonyl (C=O) groups is 1. The molecule has 1 aromatic heterocycles. The Morgan fingerprint density at radius 3 is 2.40 bits per heavy atom. The van der Waals surface area contributed by atoms with Gasteiger partial charge in [0.25, 0.3) is 5.91 Å². The number of carbonyl (C=O) groups excluding carboxylic acids is 1. The van der Waals surface area contributed by atoms with Crippen molar-refractivity contribution in [3.8, 4) is 11.5 Å². The number of nitrogens with zero attached hydrogens (tertiary/aromatic N) is 3. The maximum absolute atomic E-state index is 13.6. The highest BCUT2D eigenvalue weighted by molar-refractivity contribution is 9.10. The molecule has 0 unspecified atom stereocenters. The number of fused-ring (bicyclic) bond motifs is 1. The molecule has 0 saturated carbocycles. The molecule has 0 aliphatic rings. The van der Waals surface area contributed by atoms with Gasteiger partial charge in [0.05, 0.1) is 16.4 Å². The summed E-state index contributed by atoms with van der Waals surface area (Å²) >= 11 is 4.91. The molecule has 4 aromatic carbocycles. The topological polar surface area (TPSA) is 54.8 Å². The van der Waals surface area contributed by atoms with E-state index in [1.165, 1.54) is 16.3 Å². The fourth-order valence-electron chi connectivity index (χ4n) is 3.35. The molecule has 0 atom stereocenters. The van der Waals surface area contributed by atoms with Crippen molar-refractivity contribution in [1.29, 1.82) is 0 Å². The van der Waals surface area contributed by atoms with Gasteiger partial charge in [0.2, 0.25) is 5.13 Å². The number of aromatic nitrogens is 1. The zero-order valence-electron chi connectivity index (χ0n) is 18.8. The summed E-state index contributed by atoms with van der Waals surface area (Å²) in [6.45, 7) is 2.03. The Balaban J connectivity index is 1.46. The SMILES string of the molecule is Cc1ccc(/C=N/N(C(=O)c2ccc(Oc3ccccc3)cc2)c2nc3ccc(Br)cc3s2)cc1. The number of hydrogen-bond acceptors (Lipinski definition) is 5. The second-order valence-electron chi connectivity index (χ2n) is 7.82. The first-order valence-electron chi connectivity index (χ1n) is 10.9. The number of amides is 1. The molecule has 0 radical (unpaired) electrons. The number of hydrazone groups is 1. The summed E-state index contributed by atoms with van der Waals surface area (Å²) in [5.74, 6) is 1.10. The minimum Gasteiger partial charge on any atom is -0.457 e. The highest BCUT2D eigenvalue weighted by Gasteiger charge is 2.21. The molecule has 0 bridgehead atoms. The summed E-state index contributed by atoms with van der Waals surface area (Å²) < 4.78 is 7.77. The van der Waals surface area contributed by atoms with Gasteiger partial charge in [0.1, 0.15) is 11.5 Å². The van der Waals surface area contributed by atoms with E-state index in [1.54, 1.807) is 30.5 Å². The fourth-order valence-corrected chi connectivity index (χ4v) is 4.83. The minimum absolute atomic E-state index is 0.280. The molecule has 5 nitrogen and oxygen atoms in total. The van der Waals surface area contributed by atoms with Crippen LogP contribution >= 0.6 is 27.3 Å². The second kappa shape index (κ2) is 10.2. The van der Waals surface area contributed by atoms with Gasteiger partial charge in [0, 0.05) is 10.0 Å². The molecule has 0 aliphatic carbocycles. The number of rotatable bonds is 6. The molecule has 0 spiro atoms. The Kier molecular flexibility index (Phi) is 6.70. The van der Waals surface area contributed by atoms with Gasteiger partial charge in [-0.25, -0.2) is 4.98 Å². The Hall–Kier alpha value is -3.81. The zero-order chi connectivity index (χ0) is 24.2. The van der Waals surface area contributed by atoms with Crippen LogP contribution in [0.3, 0.4) is 0 Å². The van der Waals surface area contributed by atoms with Gasteiger partial charge >= 0.3 is 0 Å². The summed E-state index contributed by atoms with van der Waals surface area (Å²) in [6, 6.07) is 30.3. The van der Waals surface area contributed by atoms with Crippen LogP contribution in [0.15, 0.2) is 107 Å². The zero-order valence-corrected chi connectivity index (χ0v) is 21.2. The van der Waals surface area contributed by atoms with E-state index >= 15 is 0 Å². The molecule has 1 amide bonds. The highest BCUT2D eigenvalue weighted by atomic mass is 79.9. The van der Waals surface area contributed by atoms with Crippen LogP contribution in [0.2, 0.25) is 0 Å². The van der Waals surface area contributed by atoms with Crippen LogP contribution in [0.5, 0.6) is 11.5 Å². The fraction of sp³-hybridized carbons (Fsp3) is 0.0357. The van der Waals surface area contributed by atoms with Crippen molar-refractivity contribution in [3.05, 3.63) is 118 Å². The predicted octanol–water partition coefficient (Wildman–Crippen LogP) is 7.84. The monoisotopic (exact) mass is 541 g/mol. The number of benzene rings is 4.